The molecular formula is C22H22F5NO5S2. The normalized spacial score (nSPS) is 24.9. The van der Waals surface area contributed by atoms with Crippen molar-refractivity contribution in [3.05, 3.63) is 59.2 Å². The van der Waals surface area contributed by atoms with E-state index in [4.69, 9.17) is 4.74 Å². The van der Waals surface area contributed by atoms with Gasteiger partial charge in [-0.3, -0.25) is 0 Å². The Hall–Kier alpha value is -2.25. The first kappa shape index (κ1) is 25.8. The molecule has 0 bridgehead atoms. The van der Waals surface area contributed by atoms with Gasteiger partial charge in [0, 0.05) is 12.5 Å². The number of nitrogens with one attached hydrogen (secondary N) is 1. The van der Waals surface area contributed by atoms with E-state index in [1.807, 2.05) is 0 Å². The minimum absolute atomic E-state index is 0.0181. The second kappa shape index (κ2) is 8.70. The Labute approximate surface area is 199 Å². The Balaban J connectivity index is 1.84. The Morgan fingerprint density at radius 1 is 1.03 bits per heavy atom. The summed E-state index contributed by atoms with van der Waals surface area (Å²) >= 11 is 0. The van der Waals surface area contributed by atoms with Crippen molar-refractivity contribution >= 4 is 19.9 Å². The van der Waals surface area contributed by atoms with Crippen LogP contribution >= 0.6 is 0 Å². The van der Waals surface area contributed by atoms with Crippen LogP contribution in [0.4, 0.5) is 22.0 Å². The van der Waals surface area contributed by atoms with Crippen molar-refractivity contribution in [2.24, 2.45) is 11.8 Å². The third-order valence-electron chi connectivity index (χ3n) is 6.72. The monoisotopic (exact) mass is 539 g/mol. The van der Waals surface area contributed by atoms with Crippen LogP contribution in [-0.2, 0) is 30.8 Å². The molecule has 1 saturated carbocycles. The van der Waals surface area contributed by atoms with Crippen LogP contribution in [0.1, 0.15) is 30.4 Å². The lowest BCUT2D eigenvalue weighted by molar-refractivity contribution is -0.137. The third kappa shape index (κ3) is 4.53. The molecule has 35 heavy (non-hydrogen) atoms. The van der Waals surface area contributed by atoms with Gasteiger partial charge in [-0.2, -0.15) is 13.2 Å². The molecule has 2 aromatic carbocycles. The molecule has 0 unspecified atom stereocenters. The summed E-state index contributed by atoms with van der Waals surface area (Å²) in [6, 6.07) is 4.49. The van der Waals surface area contributed by atoms with Crippen LogP contribution in [0.5, 0.6) is 5.75 Å². The molecule has 2 aliphatic rings. The van der Waals surface area contributed by atoms with Crippen molar-refractivity contribution in [1.82, 2.24) is 4.72 Å². The van der Waals surface area contributed by atoms with Crippen molar-refractivity contribution in [1.29, 1.82) is 0 Å². The van der Waals surface area contributed by atoms with Gasteiger partial charge >= 0.3 is 6.18 Å². The molecule has 0 spiro atoms. The molecule has 1 fully saturated rings. The third-order valence-corrected chi connectivity index (χ3v) is 10.0. The summed E-state index contributed by atoms with van der Waals surface area (Å²) in [5, 5.41) is 0. The highest BCUT2D eigenvalue weighted by Crippen LogP contribution is 2.57. The van der Waals surface area contributed by atoms with Crippen molar-refractivity contribution < 1.29 is 43.5 Å². The molecule has 1 N–H and O–H groups in total. The summed E-state index contributed by atoms with van der Waals surface area (Å²) in [6.07, 6.45) is -3.65. The largest absolute Gasteiger partial charge is 0.490 e. The second-order valence-electron chi connectivity index (χ2n) is 8.92. The van der Waals surface area contributed by atoms with Gasteiger partial charge in [-0.1, -0.05) is 0 Å². The smallest absolute Gasteiger partial charge is 0.416 e. The van der Waals surface area contributed by atoms with Gasteiger partial charge in [-0.15, -0.1) is 0 Å². The number of hydrogen-bond acceptors (Lipinski definition) is 5. The Kier molecular flexibility index (Phi) is 6.42. The van der Waals surface area contributed by atoms with E-state index < -0.39 is 70.1 Å². The number of benzene rings is 2. The molecule has 192 valence electrons. The van der Waals surface area contributed by atoms with E-state index in [1.165, 1.54) is 0 Å². The summed E-state index contributed by atoms with van der Waals surface area (Å²) in [4.78, 5) is -0.459. The number of fused-ring (bicyclic) bond motifs is 3. The zero-order valence-corrected chi connectivity index (χ0v) is 20.0. The highest BCUT2D eigenvalue weighted by atomic mass is 32.2. The average Bonchev–Trinajstić information content (AvgIpc) is 2.78. The topological polar surface area (TPSA) is 89.5 Å². The zero-order chi connectivity index (χ0) is 25.8. The second-order valence-corrected chi connectivity index (χ2v) is 13.0. The predicted octanol–water partition coefficient (Wildman–Crippen LogP) is 4.01. The van der Waals surface area contributed by atoms with E-state index in [-0.39, 0.29) is 38.3 Å². The molecule has 6 nitrogen and oxygen atoms in total. The number of hydrogen-bond donors (Lipinski definition) is 1. The van der Waals surface area contributed by atoms with Crippen molar-refractivity contribution in [2.45, 2.75) is 35.1 Å². The van der Waals surface area contributed by atoms with Crippen LogP contribution in [0.2, 0.25) is 0 Å². The quantitative estimate of drug-likeness (QED) is 0.580. The van der Waals surface area contributed by atoms with E-state index in [2.05, 4.69) is 4.72 Å². The van der Waals surface area contributed by atoms with Gasteiger partial charge in [0.05, 0.1) is 28.9 Å². The molecule has 2 aromatic rings. The molecule has 0 saturated heterocycles. The van der Waals surface area contributed by atoms with Crippen molar-refractivity contribution in [2.75, 3.05) is 19.4 Å². The summed E-state index contributed by atoms with van der Waals surface area (Å²) in [5.74, 6) is -3.72. The molecule has 1 aliphatic heterocycles. The van der Waals surface area contributed by atoms with Gasteiger partial charge in [0.2, 0.25) is 10.0 Å². The molecule has 4 rings (SSSR count). The van der Waals surface area contributed by atoms with Crippen LogP contribution in [0.25, 0.3) is 0 Å². The number of alkyl halides is 3. The summed E-state index contributed by atoms with van der Waals surface area (Å²) in [7, 11) is -8.08. The van der Waals surface area contributed by atoms with Gasteiger partial charge in [0.1, 0.15) is 10.6 Å². The van der Waals surface area contributed by atoms with Crippen LogP contribution in [0.15, 0.2) is 41.3 Å². The van der Waals surface area contributed by atoms with Crippen molar-refractivity contribution in [3.8, 4) is 5.75 Å². The highest BCUT2D eigenvalue weighted by molar-refractivity contribution is 7.92. The summed E-state index contributed by atoms with van der Waals surface area (Å²) in [6.45, 7) is -0.271. The van der Waals surface area contributed by atoms with E-state index in [0.29, 0.717) is 12.1 Å². The number of sulfonamides is 1. The van der Waals surface area contributed by atoms with Gasteiger partial charge < -0.3 is 4.74 Å². The van der Waals surface area contributed by atoms with Crippen LogP contribution in [0, 0.1) is 23.5 Å². The van der Waals surface area contributed by atoms with Gasteiger partial charge in [0.15, 0.2) is 21.4 Å². The first-order valence-corrected chi connectivity index (χ1v) is 14.0. The summed E-state index contributed by atoms with van der Waals surface area (Å²) < 4.78 is 126. The molecule has 0 aromatic heterocycles. The van der Waals surface area contributed by atoms with E-state index in [0.717, 1.165) is 30.5 Å². The van der Waals surface area contributed by atoms with Crippen molar-refractivity contribution in [3.63, 3.8) is 0 Å². The summed E-state index contributed by atoms with van der Waals surface area (Å²) in [5.41, 5.74) is -1.53. The maximum atomic E-state index is 15.2. The number of halogens is 5. The molecule has 1 aliphatic carbocycles. The lowest BCUT2D eigenvalue weighted by Gasteiger charge is -2.49. The minimum Gasteiger partial charge on any atom is -0.490 e. The zero-order valence-electron chi connectivity index (χ0n) is 18.4. The maximum absolute atomic E-state index is 15.2. The molecule has 0 radical (unpaired) electrons. The lowest BCUT2D eigenvalue weighted by Crippen LogP contribution is -2.53. The lowest BCUT2D eigenvalue weighted by atomic mass is 9.69. The Morgan fingerprint density at radius 2 is 1.66 bits per heavy atom. The predicted molar refractivity (Wildman–Crippen MR) is 116 cm³/mol. The van der Waals surface area contributed by atoms with E-state index >= 15 is 4.39 Å². The SMILES string of the molecule is CS(=O)(=O)NC[C@@H]1CC[C@@]2(S(=O)(=O)c3ccc(C(F)(F)F)cc3)c3c(F)ccc(F)c3OC[C@H]2C1. The molecular weight excluding hydrogens is 517 g/mol. The minimum atomic E-state index is -4.69. The van der Waals surface area contributed by atoms with Crippen LogP contribution < -0.4 is 9.46 Å². The van der Waals surface area contributed by atoms with Crippen LogP contribution in [-0.4, -0.2) is 36.2 Å². The fraction of sp³-hybridized carbons (Fsp3) is 0.455. The number of rotatable bonds is 5. The van der Waals surface area contributed by atoms with Gasteiger partial charge in [-0.25, -0.2) is 30.3 Å². The molecule has 13 heteroatoms. The first-order valence-electron chi connectivity index (χ1n) is 10.6. The number of ether oxygens (including phenoxy) is 1. The molecule has 3 atom stereocenters. The average molecular weight is 540 g/mol. The van der Waals surface area contributed by atoms with Gasteiger partial charge in [0.25, 0.3) is 0 Å². The fourth-order valence-electron chi connectivity index (χ4n) is 5.09. The van der Waals surface area contributed by atoms with Crippen LogP contribution in [0.3, 0.4) is 0 Å². The Bertz CT molecular complexity index is 1340. The molecule has 1 heterocycles. The van der Waals surface area contributed by atoms with E-state index in [1.54, 1.807) is 0 Å². The Morgan fingerprint density at radius 3 is 2.26 bits per heavy atom. The first-order chi connectivity index (χ1) is 16.2. The highest BCUT2D eigenvalue weighted by Gasteiger charge is 2.59. The van der Waals surface area contributed by atoms with Gasteiger partial charge in [-0.05, 0) is 61.6 Å². The standard InChI is InChI=1S/C22H22F5NO5S2/c1-34(29,30)28-11-13-8-9-21(35(31,32)16-4-2-14(3-5-16)22(25,26)27)15(10-13)12-33-20-18(24)7-6-17(23)19(20)21/h2-7,13,15,28H,8-12H2,1H3/t13-,15-,21+/m1/s1. The molecule has 0 amide bonds. The fourth-order valence-corrected chi connectivity index (χ4v) is 8.00. The maximum Gasteiger partial charge on any atom is 0.416 e. The number of sulfone groups is 1. The van der Waals surface area contributed by atoms with E-state index in [9.17, 15) is 34.4 Å².